The molecule has 4 heterocycles. The molecule has 0 saturated carbocycles. The minimum absolute atomic E-state index is 0.0971. The van der Waals surface area contributed by atoms with E-state index in [1.807, 2.05) is 9.80 Å². The summed E-state index contributed by atoms with van der Waals surface area (Å²) in [5, 5.41) is 0. The van der Waals surface area contributed by atoms with Crippen molar-refractivity contribution in [2.45, 2.75) is 31.7 Å². The molecule has 3 aliphatic heterocycles. The average Bonchev–Trinajstić information content (AvgIpc) is 2.79. The number of pyridine rings is 1. The molecule has 152 valence electrons. The van der Waals surface area contributed by atoms with Gasteiger partial charge in [0.25, 0.3) is 5.91 Å². The fourth-order valence-electron chi connectivity index (χ4n) is 4.69. The monoisotopic (exact) mass is 386 g/mol. The van der Waals surface area contributed by atoms with Gasteiger partial charge in [-0.2, -0.15) is 0 Å². The van der Waals surface area contributed by atoms with E-state index in [0.29, 0.717) is 30.7 Å². The van der Waals surface area contributed by atoms with Crippen LogP contribution < -0.4 is 0 Å². The molecule has 1 atom stereocenters. The third-order valence-electron chi connectivity index (χ3n) is 6.32. The highest BCUT2D eigenvalue weighted by Gasteiger charge is 2.34. The second kappa shape index (κ2) is 9.01. The SMILES string of the molecule is O=C(c1ccncc1)N1CCC(N2CCCC(C(=O)N3CCOCC3)C2)CC1. The normalized spacial score (nSPS) is 24.9. The number of piperidine rings is 2. The smallest absolute Gasteiger partial charge is 0.253 e. The van der Waals surface area contributed by atoms with Crippen molar-refractivity contribution >= 4 is 11.8 Å². The predicted molar refractivity (Wildman–Crippen MR) is 105 cm³/mol. The molecular weight excluding hydrogens is 356 g/mol. The molecule has 3 aliphatic rings. The van der Waals surface area contributed by atoms with Gasteiger partial charge in [-0.15, -0.1) is 0 Å². The molecule has 0 spiro atoms. The van der Waals surface area contributed by atoms with Crippen molar-refractivity contribution in [1.29, 1.82) is 0 Å². The summed E-state index contributed by atoms with van der Waals surface area (Å²) < 4.78 is 5.37. The fraction of sp³-hybridized carbons (Fsp3) is 0.667. The molecule has 1 aromatic rings. The van der Waals surface area contributed by atoms with Gasteiger partial charge in [-0.1, -0.05) is 0 Å². The summed E-state index contributed by atoms with van der Waals surface area (Å²) >= 11 is 0. The van der Waals surface area contributed by atoms with Crippen molar-refractivity contribution in [3.05, 3.63) is 30.1 Å². The van der Waals surface area contributed by atoms with Crippen LogP contribution in [-0.4, -0.2) is 90.0 Å². The highest BCUT2D eigenvalue weighted by atomic mass is 16.5. The zero-order chi connectivity index (χ0) is 19.3. The van der Waals surface area contributed by atoms with Crippen molar-refractivity contribution in [2.75, 3.05) is 52.5 Å². The van der Waals surface area contributed by atoms with Gasteiger partial charge in [0.1, 0.15) is 0 Å². The van der Waals surface area contributed by atoms with E-state index in [0.717, 1.165) is 65.0 Å². The summed E-state index contributed by atoms with van der Waals surface area (Å²) in [6.07, 6.45) is 7.37. The molecule has 28 heavy (non-hydrogen) atoms. The number of nitrogens with zero attached hydrogens (tertiary/aromatic N) is 4. The van der Waals surface area contributed by atoms with E-state index in [2.05, 4.69) is 9.88 Å². The van der Waals surface area contributed by atoms with Crippen LogP contribution in [-0.2, 0) is 9.53 Å². The van der Waals surface area contributed by atoms with E-state index < -0.39 is 0 Å². The Bertz CT molecular complexity index is 669. The number of morpholine rings is 1. The van der Waals surface area contributed by atoms with Crippen LogP contribution in [0.2, 0.25) is 0 Å². The lowest BCUT2D eigenvalue weighted by Gasteiger charge is -2.43. The number of ether oxygens (including phenoxy) is 1. The third-order valence-corrected chi connectivity index (χ3v) is 6.32. The lowest BCUT2D eigenvalue weighted by atomic mass is 9.92. The standard InChI is InChI=1S/C21H30N4O3/c26-20(17-3-7-22-8-4-17)23-10-5-19(6-11-23)25-9-1-2-18(16-25)21(27)24-12-14-28-15-13-24/h3-4,7-8,18-19H,1-2,5-6,9-16H2. The quantitative estimate of drug-likeness (QED) is 0.782. The average molecular weight is 386 g/mol. The first-order valence-corrected chi connectivity index (χ1v) is 10.5. The van der Waals surface area contributed by atoms with E-state index in [-0.39, 0.29) is 11.8 Å². The predicted octanol–water partition coefficient (Wildman–Crippen LogP) is 1.26. The van der Waals surface area contributed by atoms with Gasteiger partial charge in [0.2, 0.25) is 5.91 Å². The summed E-state index contributed by atoms with van der Waals surface area (Å²) in [5.41, 5.74) is 0.711. The molecule has 0 radical (unpaired) electrons. The molecule has 0 bridgehead atoms. The highest BCUT2D eigenvalue weighted by molar-refractivity contribution is 5.94. The van der Waals surface area contributed by atoms with Gasteiger partial charge in [0, 0.05) is 56.7 Å². The molecule has 7 heteroatoms. The Hall–Kier alpha value is -1.99. The maximum absolute atomic E-state index is 12.9. The van der Waals surface area contributed by atoms with Gasteiger partial charge in [-0.05, 0) is 44.4 Å². The van der Waals surface area contributed by atoms with Gasteiger partial charge in [0.05, 0.1) is 19.1 Å². The molecular formula is C21H30N4O3. The van der Waals surface area contributed by atoms with E-state index >= 15 is 0 Å². The third kappa shape index (κ3) is 4.36. The molecule has 7 nitrogen and oxygen atoms in total. The van der Waals surface area contributed by atoms with Crippen LogP contribution in [0.3, 0.4) is 0 Å². The van der Waals surface area contributed by atoms with Gasteiger partial charge < -0.3 is 14.5 Å². The zero-order valence-electron chi connectivity index (χ0n) is 16.5. The molecule has 1 unspecified atom stereocenters. The van der Waals surface area contributed by atoms with Crippen molar-refractivity contribution in [3.8, 4) is 0 Å². The van der Waals surface area contributed by atoms with Crippen LogP contribution in [0.15, 0.2) is 24.5 Å². The number of hydrogen-bond acceptors (Lipinski definition) is 5. The Morgan fingerprint density at radius 1 is 0.929 bits per heavy atom. The molecule has 2 amide bonds. The fourth-order valence-corrected chi connectivity index (χ4v) is 4.69. The Balaban J connectivity index is 1.29. The molecule has 0 aliphatic carbocycles. The minimum atomic E-state index is 0.0971. The van der Waals surface area contributed by atoms with Crippen molar-refractivity contribution < 1.29 is 14.3 Å². The van der Waals surface area contributed by atoms with Crippen LogP contribution in [0.4, 0.5) is 0 Å². The topological polar surface area (TPSA) is 66.0 Å². The van der Waals surface area contributed by atoms with Gasteiger partial charge in [-0.3, -0.25) is 19.5 Å². The minimum Gasteiger partial charge on any atom is -0.378 e. The summed E-state index contributed by atoms with van der Waals surface area (Å²) in [4.78, 5) is 35.9. The molecule has 0 N–H and O–H groups in total. The Morgan fingerprint density at radius 2 is 1.64 bits per heavy atom. The number of carbonyl (C=O) groups is 2. The van der Waals surface area contributed by atoms with Gasteiger partial charge in [-0.25, -0.2) is 0 Å². The van der Waals surface area contributed by atoms with Crippen LogP contribution >= 0.6 is 0 Å². The summed E-state index contributed by atoms with van der Waals surface area (Å²) in [6.45, 7) is 6.26. The second-order valence-electron chi connectivity index (χ2n) is 8.03. The molecule has 3 fully saturated rings. The maximum atomic E-state index is 12.9. The zero-order valence-corrected chi connectivity index (χ0v) is 16.5. The van der Waals surface area contributed by atoms with Crippen LogP contribution in [0.1, 0.15) is 36.0 Å². The largest absolute Gasteiger partial charge is 0.378 e. The first-order chi connectivity index (χ1) is 13.7. The van der Waals surface area contributed by atoms with E-state index in [1.54, 1.807) is 24.5 Å². The molecule has 0 aromatic carbocycles. The summed E-state index contributed by atoms with van der Waals surface area (Å²) in [6, 6.07) is 4.03. The summed E-state index contributed by atoms with van der Waals surface area (Å²) in [5.74, 6) is 0.515. The van der Waals surface area contributed by atoms with Crippen molar-refractivity contribution in [2.24, 2.45) is 5.92 Å². The lowest BCUT2D eigenvalue weighted by Crippen LogP contribution is -2.53. The Morgan fingerprint density at radius 3 is 2.36 bits per heavy atom. The number of likely N-dealkylation sites (tertiary alicyclic amines) is 2. The van der Waals surface area contributed by atoms with Gasteiger partial charge >= 0.3 is 0 Å². The Labute approximate surface area is 166 Å². The van der Waals surface area contributed by atoms with Crippen molar-refractivity contribution in [1.82, 2.24) is 19.7 Å². The number of aromatic nitrogens is 1. The number of hydrogen-bond donors (Lipinski definition) is 0. The van der Waals surface area contributed by atoms with Crippen molar-refractivity contribution in [3.63, 3.8) is 0 Å². The van der Waals surface area contributed by atoms with Crippen LogP contribution in [0.5, 0.6) is 0 Å². The number of rotatable bonds is 3. The number of amides is 2. The van der Waals surface area contributed by atoms with E-state index in [4.69, 9.17) is 4.74 Å². The molecule has 3 saturated heterocycles. The summed E-state index contributed by atoms with van der Waals surface area (Å²) in [7, 11) is 0. The first-order valence-electron chi connectivity index (χ1n) is 10.5. The second-order valence-corrected chi connectivity index (χ2v) is 8.03. The van der Waals surface area contributed by atoms with Crippen LogP contribution in [0.25, 0.3) is 0 Å². The Kier molecular flexibility index (Phi) is 6.22. The van der Waals surface area contributed by atoms with E-state index in [1.165, 1.54) is 0 Å². The lowest BCUT2D eigenvalue weighted by molar-refractivity contribution is -0.141. The molecule has 1 aromatic heterocycles. The molecule has 4 rings (SSSR count). The van der Waals surface area contributed by atoms with Gasteiger partial charge in [0.15, 0.2) is 0 Å². The maximum Gasteiger partial charge on any atom is 0.253 e. The highest BCUT2D eigenvalue weighted by Crippen LogP contribution is 2.26. The number of carbonyl (C=O) groups excluding carboxylic acids is 2. The first kappa shape index (κ1) is 19.3. The van der Waals surface area contributed by atoms with Crippen LogP contribution in [0, 0.1) is 5.92 Å². The van der Waals surface area contributed by atoms with E-state index in [9.17, 15) is 9.59 Å².